The van der Waals surface area contributed by atoms with E-state index < -0.39 is 0 Å². The number of aromatic nitrogens is 1. The van der Waals surface area contributed by atoms with Gasteiger partial charge >= 0.3 is 0 Å². The first-order valence-electron chi connectivity index (χ1n) is 6.57. The standard InChI is InChI=1S/C14H21BrN2/c1-3-11-5-4-6-13(8-11)17-14-10(2)7-12(15)9-16-14/h7,9,11,13H,3-6,8H2,1-2H3,(H,16,17). The minimum Gasteiger partial charge on any atom is -0.367 e. The Balaban J connectivity index is 2.00. The summed E-state index contributed by atoms with van der Waals surface area (Å²) in [5, 5.41) is 3.61. The van der Waals surface area contributed by atoms with Crippen LogP contribution in [0.15, 0.2) is 16.7 Å². The van der Waals surface area contributed by atoms with E-state index in [1.807, 2.05) is 6.20 Å². The molecule has 0 radical (unpaired) electrons. The molecule has 2 atom stereocenters. The van der Waals surface area contributed by atoms with E-state index in [4.69, 9.17) is 0 Å². The lowest BCUT2D eigenvalue weighted by Gasteiger charge is -2.29. The molecule has 1 aliphatic rings. The number of anilines is 1. The van der Waals surface area contributed by atoms with Crippen LogP contribution in [0.25, 0.3) is 0 Å². The lowest BCUT2D eigenvalue weighted by atomic mass is 9.84. The van der Waals surface area contributed by atoms with Crippen molar-refractivity contribution in [3.05, 3.63) is 22.3 Å². The number of halogens is 1. The molecular weight excluding hydrogens is 276 g/mol. The van der Waals surface area contributed by atoms with Gasteiger partial charge < -0.3 is 5.32 Å². The van der Waals surface area contributed by atoms with E-state index in [2.05, 4.69) is 46.1 Å². The zero-order valence-corrected chi connectivity index (χ0v) is 12.3. The second-order valence-electron chi connectivity index (χ2n) is 5.10. The summed E-state index contributed by atoms with van der Waals surface area (Å²) in [6, 6.07) is 2.73. The van der Waals surface area contributed by atoms with Gasteiger partial charge in [0.05, 0.1) is 0 Å². The van der Waals surface area contributed by atoms with Crippen LogP contribution in [-0.4, -0.2) is 11.0 Å². The quantitative estimate of drug-likeness (QED) is 0.886. The van der Waals surface area contributed by atoms with Crippen LogP contribution in [0.2, 0.25) is 0 Å². The van der Waals surface area contributed by atoms with Gasteiger partial charge in [0.1, 0.15) is 5.82 Å². The van der Waals surface area contributed by atoms with Crippen LogP contribution in [0.5, 0.6) is 0 Å². The van der Waals surface area contributed by atoms with E-state index in [9.17, 15) is 0 Å². The summed E-state index contributed by atoms with van der Waals surface area (Å²) in [7, 11) is 0. The maximum Gasteiger partial charge on any atom is 0.129 e. The molecule has 0 spiro atoms. The van der Waals surface area contributed by atoms with Gasteiger partial charge in [-0.25, -0.2) is 4.98 Å². The summed E-state index contributed by atoms with van der Waals surface area (Å²) >= 11 is 3.45. The van der Waals surface area contributed by atoms with Gasteiger partial charge in [-0.15, -0.1) is 0 Å². The van der Waals surface area contributed by atoms with Gasteiger partial charge in [-0.1, -0.05) is 26.2 Å². The number of hydrogen-bond donors (Lipinski definition) is 1. The smallest absolute Gasteiger partial charge is 0.129 e. The molecular formula is C14H21BrN2. The van der Waals surface area contributed by atoms with Crippen LogP contribution in [0.1, 0.15) is 44.6 Å². The Morgan fingerprint density at radius 3 is 3.00 bits per heavy atom. The van der Waals surface area contributed by atoms with Gasteiger partial charge in [-0.2, -0.15) is 0 Å². The normalized spacial score (nSPS) is 24.6. The fraction of sp³-hybridized carbons (Fsp3) is 0.643. The molecule has 1 aromatic heterocycles. The molecule has 17 heavy (non-hydrogen) atoms. The van der Waals surface area contributed by atoms with Gasteiger partial charge in [0.2, 0.25) is 0 Å². The highest BCUT2D eigenvalue weighted by atomic mass is 79.9. The number of nitrogens with zero attached hydrogens (tertiary/aromatic N) is 1. The number of rotatable bonds is 3. The van der Waals surface area contributed by atoms with Gasteiger partial charge in [-0.3, -0.25) is 0 Å². The fourth-order valence-corrected chi connectivity index (χ4v) is 3.12. The molecule has 0 bridgehead atoms. The Hall–Kier alpha value is -0.570. The second kappa shape index (κ2) is 5.85. The number of hydrogen-bond acceptors (Lipinski definition) is 2. The van der Waals surface area contributed by atoms with E-state index in [0.29, 0.717) is 6.04 Å². The Morgan fingerprint density at radius 2 is 2.29 bits per heavy atom. The molecule has 94 valence electrons. The lowest BCUT2D eigenvalue weighted by Crippen LogP contribution is -2.27. The Labute approximate surface area is 112 Å². The van der Waals surface area contributed by atoms with Crippen LogP contribution in [0.3, 0.4) is 0 Å². The van der Waals surface area contributed by atoms with E-state index in [1.165, 1.54) is 37.7 Å². The Morgan fingerprint density at radius 1 is 1.47 bits per heavy atom. The summed E-state index contributed by atoms with van der Waals surface area (Å²) in [5.41, 5.74) is 1.22. The van der Waals surface area contributed by atoms with Crippen LogP contribution in [0.4, 0.5) is 5.82 Å². The van der Waals surface area contributed by atoms with Gasteiger partial charge in [-0.05, 0) is 53.2 Å². The molecule has 3 heteroatoms. The minimum atomic E-state index is 0.612. The van der Waals surface area contributed by atoms with Crippen molar-refractivity contribution in [1.29, 1.82) is 0 Å². The summed E-state index contributed by atoms with van der Waals surface area (Å²) in [4.78, 5) is 4.46. The van der Waals surface area contributed by atoms with Crippen molar-refractivity contribution in [3.63, 3.8) is 0 Å². The number of nitrogens with one attached hydrogen (secondary N) is 1. The van der Waals surface area contributed by atoms with E-state index in [1.54, 1.807) is 0 Å². The first-order chi connectivity index (χ1) is 8.19. The van der Waals surface area contributed by atoms with E-state index in [0.717, 1.165) is 16.2 Å². The largest absolute Gasteiger partial charge is 0.367 e. The fourth-order valence-electron chi connectivity index (χ4n) is 2.68. The SMILES string of the molecule is CCC1CCCC(Nc2ncc(Br)cc2C)C1. The van der Waals surface area contributed by atoms with Crippen molar-refractivity contribution in [2.75, 3.05) is 5.32 Å². The molecule has 0 aliphatic heterocycles. The van der Waals surface area contributed by atoms with Crippen LogP contribution < -0.4 is 5.32 Å². The average Bonchev–Trinajstić information content (AvgIpc) is 2.33. The summed E-state index contributed by atoms with van der Waals surface area (Å²) in [6.45, 7) is 4.41. The third-order valence-corrected chi connectivity index (χ3v) is 4.18. The lowest BCUT2D eigenvalue weighted by molar-refractivity contribution is 0.327. The molecule has 1 aromatic rings. The molecule has 2 unspecified atom stereocenters. The first kappa shape index (κ1) is 12.9. The molecule has 0 amide bonds. The van der Waals surface area contributed by atoms with Gasteiger partial charge in [0.15, 0.2) is 0 Å². The molecule has 1 saturated carbocycles. The molecule has 1 aliphatic carbocycles. The van der Waals surface area contributed by atoms with E-state index in [-0.39, 0.29) is 0 Å². The summed E-state index contributed by atoms with van der Waals surface area (Å²) in [5.74, 6) is 1.95. The van der Waals surface area contributed by atoms with Crippen molar-refractivity contribution in [3.8, 4) is 0 Å². The van der Waals surface area contributed by atoms with E-state index >= 15 is 0 Å². The molecule has 2 rings (SSSR count). The van der Waals surface area contributed by atoms with Gasteiger partial charge in [0.25, 0.3) is 0 Å². The maximum absolute atomic E-state index is 4.46. The highest BCUT2D eigenvalue weighted by Crippen LogP contribution is 2.29. The summed E-state index contributed by atoms with van der Waals surface area (Å²) < 4.78 is 1.05. The third-order valence-electron chi connectivity index (χ3n) is 3.75. The Bertz CT molecular complexity index is 378. The highest BCUT2D eigenvalue weighted by Gasteiger charge is 2.21. The molecule has 0 saturated heterocycles. The molecule has 2 nitrogen and oxygen atoms in total. The van der Waals surface area contributed by atoms with Crippen molar-refractivity contribution < 1.29 is 0 Å². The third kappa shape index (κ3) is 3.44. The highest BCUT2D eigenvalue weighted by molar-refractivity contribution is 9.10. The molecule has 1 heterocycles. The first-order valence-corrected chi connectivity index (χ1v) is 7.37. The van der Waals surface area contributed by atoms with Crippen molar-refractivity contribution in [2.45, 2.75) is 52.0 Å². The average molecular weight is 297 g/mol. The maximum atomic E-state index is 4.46. The van der Waals surface area contributed by atoms with Crippen molar-refractivity contribution >= 4 is 21.7 Å². The van der Waals surface area contributed by atoms with Gasteiger partial charge in [0, 0.05) is 16.7 Å². The zero-order valence-electron chi connectivity index (χ0n) is 10.7. The topological polar surface area (TPSA) is 24.9 Å². The van der Waals surface area contributed by atoms with Crippen molar-refractivity contribution in [2.24, 2.45) is 5.92 Å². The monoisotopic (exact) mass is 296 g/mol. The second-order valence-corrected chi connectivity index (χ2v) is 6.02. The number of pyridine rings is 1. The predicted octanol–water partition coefficient (Wildman–Crippen LogP) is 4.53. The molecule has 0 aromatic carbocycles. The van der Waals surface area contributed by atoms with Crippen LogP contribution >= 0.6 is 15.9 Å². The number of aryl methyl sites for hydroxylation is 1. The zero-order chi connectivity index (χ0) is 12.3. The molecule has 1 fully saturated rings. The van der Waals surface area contributed by atoms with Crippen molar-refractivity contribution in [1.82, 2.24) is 4.98 Å². The Kier molecular flexibility index (Phi) is 4.43. The predicted molar refractivity (Wildman–Crippen MR) is 76.3 cm³/mol. The minimum absolute atomic E-state index is 0.612. The van der Waals surface area contributed by atoms with Crippen LogP contribution in [0, 0.1) is 12.8 Å². The van der Waals surface area contributed by atoms with Crippen LogP contribution in [-0.2, 0) is 0 Å². The summed E-state index contributed by atoms with van der Waals surface area (Å²) in [6.07, 6.45) is 8.52. The molecule has 1 N–H and O–H groups in total.